The lowest BCUT2D eigenvalue weighted by Gasteiger charge is -2.24. The van der Waals surface area contributed by atoms with Crippen molar-refractivity contribution in [3.63, 3.8) is 0 Å². The Morgan fingerprint density at radius 1 is 1.75 bits per heavy atom. The molecule has 0 aliphatic heterocycles. The van der Waals surface area contributed by atoms with Gasteiger partial charge in [0.1, 0.15) is 0 Å². The van der Waals surface area contributed by atoms with Crippen LogP contribution in [0.15, 0.2) is 12.7 Å². The van der Waals surface area contributed by atoms with Crippen LogP contribution in [-0.4, -0.2) is 18.5 Å². The van der Waals surface area contributed by atoms with Gasteiger partial charge in [-0.15, -0.1) is 6.58 Å². The molecule has 0 saturated heterocycles. The fourth-order valence-corrected chi connectivity index (χ4v) is 0.971. The summed E-state index contributed by atoms with van der Waals surface area (Å²) in [4.78, 5) is 11.0. The quantitative estimate of drug-likeness (QED) is 0.458. The summed E-state index contributed by atoms with van der Waals surface area (Å²) in [7, 11) is 1.75. The molecule has 0 aromatic rings. The first-order valence-corrected chi connectivity index (χ1v) is 4.16. The number of allylic oxidation sites excluding steroid dienone is 1. The molecule has 12 heavy (non-hydrogen) atoms. The van der Waals surface area contributed by atoms with E-state index < -0.39 is 5.54 Å². The number of likely N-dealkylation sites (N-methyl/N-ethyl adjacent to an activating group) is 1. The molecule has 0 fully saturated rings. The van der Waals surface area contributed by atoms with E-state index in [0.717, 1.165) is 19.3 Å². The molecule has 0 spiro atoms. The normalized spacial score (nSPS) is 15.2. The van der Waals surface area contributed by atoms with E-state index in [-0.39, 0.29) is 5.91 Å². The van der Waals surface area contributed by atoms with Gasteiger partial charge in [-0.3, -0.25) is 4.79 Å². The van der Waals surface area contributed by atoms with Crippen LogP contribution in [0.1, 0.15) is 26.2 Å². The second-order valence-electron chi connectivity index (χ2n) is 3.13. The summed E-state index contributed by atoms with van der Waals surface area (Å²) in [6, 6.07) is 0. The molecule has 0 heterocycles. The van der Waals surface area contributed by atoms with Gasteiger partial charge < -0.3 is 11.1 Å². The van der Waals surface area contributed by atoms with Crippen molar-refractivity contribution < 1.29 is 4.79 Å². The van der Waals surface area contributed by atoms with Crippen LogP contribution in [0.3, 0.4) is 0 Å². The number of hydrogen-bond donors (Lipinski definition) is 2. The second-order valence-corrected chi connectivity index (χ2v) is 3.13. The molecule has 0 aliphatic carbocycles. The smallest absolute Gasteiger partial charge is 0.237 e. The fraction of sp³-hybridized carbons (Fsp3) is 0.667. The number of nitrogens with one attached hydrogen (secondary N) is 1. The highest BCUT2D eigenvalue weighted by molar-refractivity contribution is 5.84. The van der Waals surface area contributed by atoms with Gasteiger partial charge in [0.25, 0.3) is 0 Å². The summed E-state index contributed by atoms with van der Waals surface area (Å²) in [5, 5.41) is 2.93. The standard InChI is InChI=1S/C9H18N2O/c1-4-5-6-7-9(2,11-3)8(10)12/h4,11H,1,5-7H2,2-3H3,(H2,10,12)/t9-/m0/s1. The number of rotatable bonds is 6. The van der Waals surface area contributed by atoms with Crippen LogP contribution in [0.2, 0.25) is 0 Å². The highest BCUT2D eigenvalue weighted by atomic mass is 16.1. The Morgan fingerprint density at radius 3 is 2.67 bits per heavy atom. The molecule has 0 aromatic heterocycles. The first kappa shape index (κ1) is 11.2. The number of unbranched alkanes of at least 4 members (excludes halogenated alkanes) is 1. The molecule has 0 aromatic carbocycles. The molecule has 0 rings (SSSR count). The van der Waals surface area contributed by atoms with Gasteiger partial charge >= 0.3 is 0 Å². The first-order chi connectivity index (χ1) is 5.56. The van der Waals surface area contributed by atoms with Crippen LogP contribution in [0.25, 0.3) is 0 Å². The predicted molar refractivity (Wildman–Crippen MR) is 50.7 cm³/mol. The lowest BCUT2D eigenvalue weighted by Crippen LogP contribution is -2.51. The van der Waals surface area contributed by atoms with E-state index in [4.69, 9.17) is 5.73 Å². The summed E-state index contributed by atoms with van der Waals surface area (Å²) in [5.74, 6) is -0.297. The van der Waals surface area contributed by atoms with Gasteiger partial charge in [0.05, 0.1) is 5.54 Å². The zero-order chi connectivity index (χ0) is 9.61. The first-order valence-electron chi connectivity index (χ1n) is 4.16. The lowest BCUT2D eigenvalue weighted by molar-refractivity contribution is -0.123. The number of carbonyl (C=O) groups excluding carboxylic acids is 1. The maximum atomic E-state index is 11.0. The summed E-state index contributed by atoms with van der Waals surface area (Å²) >= 11 is 0. The van der Waals surface area contributed by atoms with Gasteiger partial charge in [-0.25, -0.2) is 0 Å². The number of amides is 1. The predicted octanol–water partition coefficient (Wildman–Crippen LogP) is 0.806. The van der Waals surface area contributed by atoms with Gasteiger partial charge in [0.2, 0.25) is 5.91 Å². The van der Waals surface area contributed by atoms with Crippen LogP contribution in [0.4, 0.5) is 0 Å². The van der Waals surface area contributed by atoms with Crippen molar-refractivity contribution in [1.82, 2.24) is 5.32 Å². The van der Waals surface area contributed by atoms with Gasteiger partial charge in [-0.2, -0.15) is 0 Å². The molecule has 3 nitrogen and oxygen atoms in total. The third-order valence-electron chi connectivity index (χ3n) is 2.18. The summed E-state index contributed by atoms with van der Waals surface area (Å²) in [5.41, 5.74) is 4.67. The van der Waals surface area contributed by atoms with Crippen molar-refractivity contribution in [1.29, 1.82) is 0 Å². The highest BCUT2D eigenvalue weighted by Gasteiger charge is 2.27. The van der Waals surface area contributed by atoms with Crippen molar-refractivity contribution in [3.05, 3.63) is 12.7 Å². The zero-order valence-corrected chi connectivity index (χ0v) is 7.89. The molecular formula is C9H18N2O. The Morgan fingerprint density at radius 2 is 2.33 bits per heavy atom. The van der Waals surface area contributed by atoms with Crippen LogP contribution in [0.5, 0.6) is 0 Å². The molecule has 1 atom stereocenters. The maximum absolute atomic E-state index is 11.0. The third-order valence-corrected chi connectivity index (χ3v) is 2.18. The van der Waals surface area contributed by atoms with Crippen molar-refractivity contribution in [2.75, 3.05) is 7.05 Å². The molecule has 0 saturated carbocycles. The van der Waals surface area contributed by atoms with E-state index in [2.05, 4.69) is 11.9 Å². The van der Waals surface area contributed by atoms with Gasteiger partial charge in [-0.05, 0) is 33.2 Å². The Balaban J connectivity index is 3.96. The van der Waals surface area contributed by atoms with E-state index in [1.165, 1.54) is 0 Å². The molecule has 0 bridgehead atoms. The molecule has 70 valence electrons. The monoisotopic (exact) mass is 170 g/mol. The van der Waals surface area contributed by atoms with Crippen LogP contribution < -0.4 is 11.1 Å². The van der Waals surface area contributed by atoms with E-state index in [0.29, 0.717) is 0 Å². The molecule has 0 radical (unpaired) electrons. The maximum Gasteiger partial charge on any atom is 0.237 e. The summed E-state index contributed by atoms with van der Waals surface area (Å²) in [6.45, 7) is 5.43. The van der Waals surface area contributed by atoms with Gasteiger partial charge in [-0.1, -0.05) is 6.08 Å². The molecule has 0 aliphatic rings. The number of nitrogens with two attached hydrogens (primary N) is 1. The molecule has 3 heteroatoms. The molecular weight excluding hydrogens is 152 g/mol. The summed E-state index contributed by atoms with van der Waals surface area (Å²) in [6.07, 6.45) is 4.45. The number of primary amides is 1. The largest absolute Gasteiger partial charge is 0.368 e. The third kappa shape index (κ3) is 3.05. The minimum Gasteiger partial charge on any atom is -0.368 e. The van der Waals surface area contributed by atoms with Gasteiger partial charge in [0.15, 0.2) is 0 Å². The summed E-state index contributed by atoms with van der Waals surface area (Å²) < 4.78 is 0. The van der Waals surface area contributed by atoms with Crippen molar-refractivity contribution in [3.8, 4) is 0 Å². The highest BCUT2D eigenvalue weighted by Crippen LogP contribution is 2.12. The van der Waals surface area contributed by atoms with Crippen molar-refractivity contribution >= 4 is 5.91 Å². The Hall–Kier alpha value is -0.830. The minimum absolute atomic E-state index is 0.297. The molecule has 3 N–H and O–H groups in total. The SMILES string of the molecule is C=CCCC[C@](C)(NC)C(N)=O. The molecule has 0 unspecified atom stereocenters. The van der Waals surface area contributed by atoms with Crippen molar-refractivity contribution in [2.45, 2.75) is 31.7 Å². The average molecular weight is 170 g/mol. The fourth-order valence-electron chi connectivity index (χ4n) is 0.971. The Bertz CT molecular complexity index is 168. The van der Waals surface area contributed by atoms with Crippen LogP contribution in [0, 0.1) is 0 Å². The lowest BCUT2D eigenvalue weighted by atomic mass is 9.94. The van der Waals surface area contributed by atoms with Crippen LogP contribution >= 0.6 is 0 Å². The second kappa shape index (κ2) is 4.93. The van der Waals surface area contributed by atoms with E-state index in [9.17, 15) is 4.79 Å². The minimum atomic E-state index is -0.566. The zero-order valence-electron chi connectivity index (χ0n) is 7.89. The van der Waals surface area contributed by atoms with Gasteiger partial charge in [0, 0.05) is 0 Å². The number of carbonyl (C=O) groups is 1. The van der Waals surface area contributed by atoms with Crippen molar-refractivity contribution in [2.24, 2.45) is 5.73 Å². The molecule has 1 amide bonds. The average Bonchev–Trinajstić information content (AvgIpc) is 2.04. The Kier molecular flexibility index (Phi) is 4.59. The van der Waals surface area contributed by atoms with E-state index in [1.807, 2.05) is 13.0 Å². The topological polar surface area (TPSA) is 55.1 Å². The van der Waals surface area contributed by atoms with Crippen LogP contribution in [-0.2, 0) is 4.79 Å². The van der Waals surface area contributed by atoms with E-state index in [1.54, 1.807) is 7.05 Å². The number of hydrogen-bond acceptors (Lipinski definition) is 2. The Labute approximate surface area is 74.0 Å². The van der Waals surface area contributed by atoms with E-state index >= 15 is 0 Å².